The van der Waals surface area contributed by atoms with Crippen molar-refractivity contribution in [1.29, 1.82) is 0 Å². The number of halogens is 4. The maximum Gasteiger partial charge on any atom is 0.358 e. The summed E-state index contributed by atoms with van der Waals surface area (Å²) in [6, 6.07) is 5.97. The summed E-state index contributed by atoms with van der Waals surface area (Å²) in [7, 11) is 0. The number of benzene rings is 1. The van der Waals surface area contributed by atoms with Gasteiger partial charge >= 0.3 is 5.97 Å². The minimum atomic E-state index is -0.736. The zero-order chi connectivity index (χ0) is 18.0. The van der Waals surface area contributed by atoms with Crippen LogP contribution in [-0.4, -0.2) is 15.9 Å². The number of esters is 1. The number of hydrogen-bond acceptors (Lipinski definition) is 5. The molecule has 0 amide bonds. The van der Waals surface area contributed by atoms with E-state index < -0.39 is 5.97 Å². The van der Waals surface area contributed by atoms with Gasteiger partial charge in [0.15, 0.2) is 5.69 Å². The second-order valence-corrected chi connectivity index (χ2v) is 6.83. The monoisotopic (exact) mass is 416 g/mol. The number of ether oxygens (including phenoxy) is 1. The van der Waals surface area contributed by atoms with Gasteiger partial charge in [0.05, 0.1) is 20.8 Å². The van der Waals surface area contributed by atoms with Crippen LogP contribution in [0.15, 0.2) is 35.8 Å². The van der Waals surface area contributed by atoms with E-state index >= 15 is 0 Å². The molecule has 1 aromatic carbocycles. The molecule has 9 heteroatoms. The molecule has 0 saturated carbocycles. The van der Waals surface area contributed by atoms with Crippen molar-refractivity contribution in [2.45, 2.75) is 6.61 Å². The number of hydrogen-bond donors (Lipinski definition) is 0. The maximum atomic E-state index is 13.0. The third-order valence-electron chi connectivity index (χ3n) is 3.10. The van der Waals surface area contributed by atoms with E-state index in [9.17, 15) is 9.18 Å². The van der Waals surface area contributed by atoms with Gasteiger partial charge in [0.1, 0.15) is 17.4 Å². The Bertz CT molecular complexity index is 932. The van der Waals surface area contributed by atoms with Gasteiger partial charge in [-0.15, -0.1) is 11.3 Å². The first kappa shape index (κ1) is 18.1. The SMILES string of the molecule is O=C(OCc1csc(-c2ccc(F)cc2)n1)c1ncc(Cl)c(Cl)c1Cl. The number of pyridine rings is 1. The predicted molar refractivity (Wildman–Crippen MR) is 95.9 cm³/mol. The van der Waals surface area contributed by atoms with Gasteiger partial charge in [0, 0.05) is 17.1 Å². The van der Waals surface area contributed by atoms with Gasteiger partial charge in [-0.2, -0.15) is 0 Å². The van der Waals surface area contributed by atoms with Crippen LogP contribution in [0, 0.1) is 5.82 Å². The van der Waals surface area contributed by atoms with Crippen molar-refractivity contribution in [3.05, 3.63) is 68.1 Å². The second-order valence-electron chi connectivity index (χ2n) is 4.81. The van der Waals surface area contributed by atoms with Crippen LogP contribution >= 0.6 is 46.1 Å². The summed E-state index contributed by atoms with van der Waals surface area (Å²) in [5.41, 5.74) is 1.21. The molecule has 0 unspecified atom stereocenters. The summed E-state index contributed by atoms with van der Waals surface area (Å²) < 4.78 is 18.1. The van der Waals surface area contributed by atoms with Crippen LogP contribution in [0.5, 0.6) is 0 Å². The Morgan fingerprint density at radius 3 is 2.60 bits per heavy atom. The Morgan fingerprint density at radius 2 is 1.88 bits per heavy atom. The molecule has 3 aromatic rings. The van der Waals surface area contributed by atoms with Crippen LogP contribution in [0.1, 0.15) is 16.2 Å². The number of nitrogens with zero attached hydrogens (tertiary/aromatic N) is 2. The molecule has 0 spiro atoms. The van der Waals surface area contributed by atoms with E-state index in [4.69, 9.17) is 39.5 Å². The predicted octanol–water partition coefficient (Wildman–Crippen LogP) is 5.66. The first-order valence-corrected chi connectivity index (χ1v) is 8.84. The second kappa shape index (κ2) is 7.66. The molecule has 3 rings (SSSR count). The summed E-state index contributed by atoms with van der Waals surface area (Å²) >= 11 is 19.0. The third kappa shape index (κ3) is 4.10. The van der Waals surface area contributed by atoms with E-state index in [1.807, 2.05) is 0 Å². The molecule has 4 nitrogen and oxygen atoms in total. The van der Waals surface area contributed by atoms with Crippen LogP contribution in [0.3, 0.4) is 0 Å². The first-order valence-electron chi connectivity index (χ1n) is 6.82. The van der Waals surface area contributed by atoms with E-state index in [0.29, 0.717) is 10.7 Å². The Labute approximate surface area is 161 Å². The normalized spacial score (nSPS) is 10.7. The van der Waals surface area contributed by atoms with Crippen LogP contribution < -0.4 is 0 Å². The van der Waals surface area contributed by atoms with E-state index in [2.05, 4.69) is 9.97 Å². The lowest BCUT2D eigenvalue weighted by Crippen LogP contribution is -2.08. The topological polar surface area (TPSA) is 52.1 Å². The van der Waals surface area contributed by atoms with Crippen LogP contribution in [0.4, 0.5) is 4.39 Å². The molecular formula is C16H8Cl3FN2O2S. The maximum absolute atomic E-state index is 13.0. The highest BCUT2D eigenvalue weighted by Gasteiger charge is 2.19. The minimum absolute atomic E-state index is 0.0394. The molecule has 0 bridgehead atoms. The fourth-order valence-corrected chi connectivity index (χ4v) is 3.26. The van der Waals surface area contributed by atoms with Gasteiger partial charge < -0.3 is 4.74 Å². The molecular weight excluding hydrogens is 410 g/mol. The summed E-state index contributed by atoms with van der Waals surface area (Å²) in [4.78, 5) is 20.3. The molecule has 0 radical (unpaired) electrons. The minimum Gasteiger partial charge on any atom is -0.454 e. The smallest absolute Gasteiger partial charge is 0.358 e. The van der Waals surface area contributed by atoms with E-state index in [-0.39, 0.29) is 33.2 Å². The number of carbonyl (C=O) groups is 1. The number of aromatic nitrogens is 2. The van der Waals surface area contributed by atoms with Crippen molar-refractivity contribution in [1.82, 2.24) is 9.97 Å². The summed E-state index contributed by atoms with van der Waals surface area (Å²) in [5.74, 6) is -1.06. The van der Waals surface area contributed by atoms with Crippen molar-refractivity contribution in [2.24, 2.45) is 0 Å². The van der Waals surface area contributed by atoms with Crippen molar-refractivity contribution >= 4 is 52.1 Å². The van der Waals surface area contributed by atoms with Crippen molar-refractivity contribution in [3.8, 4) is 10.6 Å². The molecule has 0 aliphatic heterocycles. The molecule has 2 heterocycles. The quantitative estimate of drug-likeness (QED) is 0.514. The molecule has 0 aliphatic rings. The lowest BCUT2D eigenvalue weighted by Gasteiger charge is -2.06. The highest BCUT2D eigenvalue weighted by Crippen LogP contribution is 2.31. The van der Waals surface area contributed by atoms with E-state index in [0.717, 1.165) is 5.56 Å². The van der Waals surface area contributed by atoms with Gasteiger partial charge in [-0.1, -0.05) is 34.8 Å². The van der Waals surface area contributed by atoms with Crippen LogP contribution in [-0.2, 0) is 11.3 Å². The molecule has 0 N–H and O–H groups in total. The molecule has 0 fully saturated rings. The van der Waals surface area contributed by atoms with Crippen molar-refractivity contribution in [3.63, 3.8) is 0 Å². The molecule has 0 atom stereocenters. The highest BCUT2D eigenvalue weighted by atomic mass is 35.5. The zero-order valence-electron chi connectivity index (χ0n) is 12.3. The van der Waals surface area contributed by atoms with Crippen LogP contribution in [0.2, 0.25) is 15.1 Å². The molecule has 2 aromatic heterocycles. The Hall–Kier alpha value is -1.73. The number of rotatable bonds is 4. The van der Waals surface area contributed by atoms with Crippen molar-refractivity contribution in [2.75, 3.05) is 0 Å². The highest BCUT2D eigenvalue weighted by molar-refractivity contribution is 7.13. The van der Waals surface area contributed by atoms with Gasteiger partial charge in [-0.25, -0.2) is 19.2 Å². The van der Waals surface area contributed by atoms with Crippen molar-refractivity contribution < 1.29 is 13.9 Å². The largest absolute Gasteiger partial charge is 0.454 e. The van der Waals surface area contributed by atoms with Gasteiger partial charge in [-0.3, -0.25) is 0 Å². The van der Waals surface area contributed by atoms with Gasteiger partial charge in [0.25, 0.3) is 0 Å². The molecule has 0 saturated heterocycles. The lowest BCUT2D eigenvalue weighted by atomic mass is 10.2. The van der Waals surface area contributed by atoms with Crippen LogP contribution in [0.25, 0.3) is 10.6 Å². The van der Waals surface area contributed by atoms with E-state index in [1.54, 1.807) is 17.5 Å². The van der Waals surface area contributed by atoms with Gasteiger partial charge in [0.2, 0.25) is 0 Å². The Balaban J connectivity index is 1.69. The Morgan fingerprint density at radius 1 is 1.16 bits per heavy atom. The van der Waals surface area contributed by atoms with Gasteiger partial charge in [-0.05, 0) is 24.3 Å². The summed E-state index contributed by atoms with van der Waals surface area (Å²) in [6.45, 7) is -0.0607. The lowest BCUT2D eigenvalue weighted by molar-refractivity contribution is 0.0462. The fraction of sp³-hybridized carbons (Fsp3) is 0.0625. The summed E-state index contributed by atoms with van der Waals surface area (Å²) in [6.07, 6.45) is 1.22. The molecule has 128 valence electrons. The zero-order valence-corrected chi connectivity index (χ0v) is 15.4. The Kier molecular flexibility index (Phi) is 5.54. The standard InChI is InChI=1S/C16H8Cl3FN2O2S/c17-11-5-21-14(13(19)12(11)18)16(23)24-6-10-7-25-15(22-10)8-1-3-9(20)4-2-8/h1-5,7H,6H2. The first-order chi connectivity index (χ1) is 12.0. The third-order valence-corrected chi connectivity index (χ3v) is 5.29. The molecule has 25 heavy (non-hydrogen) atoms. The average Bonchev–Trinajstić information content (AvgIpc) is 3.07. The average molecular weight is 418 g/mol. The number of carbonyl (C=O) groups excluding carboxylic acids is 1. The number of thiazole rings is 1. The van der Waals surface area contributed by atoms with E-state index in [1.165, 1.54) is 29.7 Å². The molecule has 0 aliphatic carbocycles. The fourth-order valence-electron chi connectivity index (χ4n) is 1.89. The summed E-state index contributed by atoms with van der Waals surface area (Å²) in [5, 5.41) is 2.56.